The highest BCUT2D eigenvalue weighted by atomic mass is 16.5. The first kappa shape index (κ1) is 15.8. The first-order chi connectivity index (χ1) is 10.5. The minimum absolute atomic E-state index is 0.0932. The Kier molecular flexibility index (Phi) is 4.72. The number of allylic oxidation sites excluding steroid dienone is 4. The van der Waals surface area contributed by atoms with Gasteiger partial charge in [-0.1, -0.05) is 32.1 Å². The Morgan fingerprint density at radius 3 is 2.86 bits per heavy atom. The molecule has 0 unspecified atom stereocenters. The molecule has 1 saturated heterocycles. The van der Waals surface area contributed by atoms with Crippen LogP contribution in [0.5, 0.6) is 0 Å². The Balaban J connectivity index is 1.63. The molecule has 2 aliphatic carbocycles. The normalized spacial score (nSPS) is 41.6. The van der Waals surface area contributed by atoms with Gasteiger partial charge >= 0.3 is 5.97 Å². The van der Waals surface area contributed by atoms with Crippen LogP contribution >= 0.6 is 0 Å². The lowest BCUT2D eigenvalue weighted by molar-refractivity contribution is -0.160. The third kappa shape index (κ3) is 3.45. The first-order valence-electron chi connectivity index (χ1n) is 8.80. The molecule has 0 radical (unpaired) electrons. The minimum Gasteiger partial charge on any atom is -0.462 e. The number of carbonyl (C=O) groups excluding carboxylic acids is 1. The molecule has 6 atom stereocenters. The zero-order chi connectivity index (χ0) is 15.7. The minimum atomic E-state index is -0.513. The predicted molar refractivity (Wildman–Crippen MR) is 86.1 cm³/mol. The highest BCUT2D eigenvalue weighted by Gasteiger charge is 2.34. The molecule has 0 bridgehead atoms. The molecule has 3 nitrogen and oxygen atoms in total. The number of cyclic esters (lactones) is 1. The van der Waals surface area contributed by atoms with Crippen LogP contribution in [0.1, 0.15) is 52.4 Å². The molecule has 0 aromatic heterocycles. The van der Waals surface area contributed by atoms with Gasteiger partial charge in [-0.25, -0.2) is 0 Å². The summed E-state index contributed by atoms with van der Waals surface area (Å²) in [5, 5.41) is 9.73. The molecule has 0 aromatic carbocycles. The lowest BCUT2D eigenvalue weighted by Crippen LogP contribution is -2.34. The van der Waals surface area contributed by atoms with E-state index in [1.165, 1.54) is 18.4 Å². The van der Waals surface area contributed by atoms with Crippen molar-refractivity contribution in [2.75, 3.05) is 0 Å². The first-order valence-corrected chi connectivity index (χ1v) is 8.80. The number of hydrogen-bond donors (Lipinski definition) is 1. The Bertz CT molecular complexity index is 479. The Morgan fingerprint density at radius 1 is 1.27 bits per heavy atom. The molecule has 3 heteroatoms. The lowest BCUT2D eigenvalue weighted by atomic mass is 9.66. The van der Waals surface area contributed by atoms with E-state index >= 15 is 0 Å². The van der Waals surface area contributed by atoms with E-state index in [1.54, 1.807) is 0 Å². The monoisotopic (exact) mass is 304 g/mol. The van der Waals surface area contributed by atoms with Gasteiger partial charge in [-0.3, -0.25) is 4.79 Å². The number of aliphatic hydroxyl groups excluding tert-OH is 1. The van der Waals surface area contributed by atoms with Crippen molar-refractivity contribution < 1.29 is 14.6 Å². The summed E-state index contributed by atoms with van der Waals surface area (Å²) in [5.74, 6) is 2.34. The van der Waals surface area contributed by atoms with Crippen molar-refractivity contribution in [3.63, 3.8) is 0 Å². The molecule has 1 fully saturated rings. The SMILES string of the molecule is C[C@@H]1C=C2C=C[C@@H](C)[C@@H](CC[C@@H]3C[C@@H](O)CC(=O)O3)[C@@H]2CC1. The van der Waals surface area contributed by atoms with Crippen molar-refractivity contribution in [1.82, 2.24) is 0 Å². The van der Waals surface area contributed by atoms with E-state index in [4.69, 9.17) is 4.74 Å². The molecule has 1 N–H and O–H groups in total. The fourth-order valence-corrected chi connectivity index (χ4v) is 4.44. The highest BCUT2D eigenvalue weighted by molar-refractivity contribution is 5.70. The fraction of sp³-hybridized carbons (Fsp3) is 0.737. The number of carbonyl (C=O) groups is 1. The van der Waals surface area contributed by atoms with E-state index in [-0.39, 0.29) is 18.5 Å². The van der Waals surface area contributed by atoms with Gasteiger partial charge in [0.25, 0.3) is 0 Å². The summed E-state index contributed by atoms with van der Waals surface area (Å²) in [6.45, 7) is 4.60. The van der Waals surface area contributed by atoms with Crippen molar-refractivity contribution in [3.05, 3.63) is 23.8 Å². The third-order valence-corrected chi connectivity index (χ3v) is 5.68. The van der Waals surface area contributed by atoms with Gasteiger partial charge in [-0.15, -0.1) is 0 Å². The smallest absolute Gasteiger partial charge is 0.308 e. The van der Waals surface area contributed by atoms with Gasteiger partial charge in [0, 0.05) is 6.42 Å². The van der Waals surface area contributed by atoms with Crippen LogP contribution in [0.4, 0.5) is 0 Å². The summed E-state index contributed by atoms with van der Waals surface area (Å²) in [6, 6.07) is 0. The maximum Gasteiger partial charge on any atom is 0.308 e. The molecular weight excluding hydrogens is 276 g/mol. The number of ether oxygens (including phenoxy) is 1. The number of aliphatic hydroxyl groups is 1. The Labute approximate surface area is 133 Å². The third-order valence-electron chi connectivity index (χ3n) is 5.68. The molecule has 0 amide bonds. The van der Waals surface area contributed by atoms with Crippen LogP contribution < -0.4 is 0 Å². The topological polar surface area (TPSA) is 46.5 Å². The van der Waals surface area contributed by atoms with Gasteiger partial charge in [0.05, 0.1) is 12.5 Å². The van der Waals surface area contributed by atoms with Gasteiger partial charge in [0.2, 0.25) is 0 Å². The molecule has 122 valence electrons. The van der Waals surface area contributed by atoms with E-state index in [2.05, 4.69) is 32.1 Å². The summed E-state index contributed by atoms with van der Waals surface area (Å²) in [7, 11) is 0. The van der Waals surface area contributed by atoms with Crippen LogP contribution in [-0.4, -0.2) is 23.3 Å². The second kappa shape index (κ2) is 6.57. The van der Waals surface area contributed by atoms with E-state index < -0.39 is 6.10 Å². The van der Waals surface area contributed by atoms with Gasteiger partial charge in [0.15, 0.2) is 0 Å². The summed E-state index contributed by atoms with van der Waals surface area (Å²) in [5.41, 5.74) is 1.52. The lowest BCUT2D eigenvalue weighted by Gasteiger charge is -2.39. The average Bonchev–Trinajstić information content (AvgIpc) is 2.45. The molecule has 0 saturated carbocycles. The number of esters is 1. The quantitative estimate of drug-likeness (QED) is 0.810. The summed E-state index contributed by atoms with van der Waals surface area (Å²) in [4.78, 5) is 11.5. The van der Waals surface area contributed by atoms with Crippen molar-refractivity contribution >= 4 is 5.97 Å². The van der Waals surface area contributed by atoms with Gasteiger partial charge in [0.1, 0.15) is 6.10 Å². The van der Waals surface area contributed by atoms with Crippen LogP contribution in [-0.2, 0) is 9.53 Å². The number of rotatable bonds is 3. The predicted octanol–water partition coefficient (Wildman–Crippen LogP) is 3.63. The maximum atomic E-state index is 11.5. The second-order valence-electron chi connectivity index (χ2n) is 7.49. The zero-order valence-corrected chi connectivity index (χ0v) is 13.7. The van der Waals surface area contributed by atoms with Gasteiger partial charge < -0.3 is 9.84 Å². The number of hydrogen-bond acceptors (Lipinski definition) is 3. The largest absolute Gasteiger partial charge is 0.462 e. The Morgan fingerprint density at radius 2 is 2.09 bits per heavy atom. The molecule has 1 aliphatic heterocycles. The molecule has 22 heavy (non-hydrogen) atoms. The van der Waals surface area contributed by atoms with Crippen LogP contribution in [0.3, 0.4) is 0 Å². The zero-order valence-electron chi connectivity index (χ0n) is 13.7. The van der Waals surface area contributed by atoms with E-state index in [0.29, 0.717) is 30.1 Å². The second-order valence-corrected chi connectivity index (χ2v) is 7.49. The van der Waals surface area contributed by atoms with Crippen molar-refractivity contribution in [2.45, 2.75) is 64.6 Å². The summed E-state index contributed by atoms with van der Waals surface area (Å²) >= 11 is 0. The van der Waals surface area contributed by atoms with E-state index in [9.17, 15) is 9.90 Å². The van der Waals surface area contributed by atoms with Crippen LogP contribution in [0.15, 0.2) is 23.8 Å². The summed E-state index contributed by atoms with van der Waals surface area (Å²) < 4.78 is 5.40. The van der Waals surface area contributed by atoms with E-state index in [0.717, 1.165) is 12.8 Å². The standard InChI is InChI=1S/C19H28O3/c1-12-3-7-18-14(9-12)5-4-13(2)17(18)8-6-16-10-15(20)11-19(21)22-16/h4-5,9,12-13,15-18,20H,3,6-8,10-11H2,1-2H3/t12-,13+,15+,16+,17+,18+/m0/s1. The van der Waals surface area contributed by atoms with Crippen LogP contribution in [0.25, 0.3) is 0 Å². The average molecular weight is 304 g/mol. The summed E-state index contributed by atoms with van der Waals surface area (Å²) in [6.07, 6.45) is 11.8. The fourth-order valence-electron chi connectivity index (χ4n) is 4.44. The molecular formula is C19H28O3. The number of fused-ring (bicyclic) bond motifs is 1. The molecule has 0 spiro atoms. The van der Waals surface area contributed by atoms with Crippen LogP contribution in [0.2, 0.25) is 0 Å². The van der Waals surface area contributed by atoms with Crippen molar-refractivity contribution in [1.29, 1.82) is 0 Å². The van der Waals surface area contributed by atoms with Crippen molar-refractivity contribution in [2.24, 2.45) is 23.7 Å². The Hall–Kier alpha value is -1.09. The molecule has 1 heterocycles. The van der Waals surface area contributed by atoms with Crippen molar-refractivity contribution in [3.8, 4) is 0 Å². The van der Waals surface area contributed by atoms with Crippen LogP contribution in [0, 0.1) is 23.7 Å². The highest BCUT2D eigenvalue weighted by Crippen LogP contribution is 2.43. The van der Waals surface area contributed by atoms with E-state index in [1.807, 2.05) is 0 Å². The molecule has 3 aliphatic rings. The maximum absolute atomic E-state index is 11.5. The molecule has 0 aromatic rings. The van der Waals surface area contributed by atoms with Gasteiger partial charge in [-0.05, 0) is 54.9 Å². The molecule has 3 rings (SSSR count). The van der Waals surface area contributed by atoms with Gasteiger partial charge in [-0.2, -0.15) is 0 Å².